The van der Waals surface area contributed by atoms with Crippen LogP contribution >= 0.6 is 11.3 Å². The normalized spacial score (nSPS) is 13.3. The van der Waals surface area contributed by atoms with E-state index in [-0.39, 0.29) is 10.8 Å². The fourth-order valence-electron chi connectivity index (χ4n) is 3.00. The first-order chi connectivity index (χ1) is 12.5. The van der Waals surface area contributed by atoms with Gasteiger partial charge in [-0.05, 0) is 33.9 Å². The fraction of sp³-hybridized carbons (Fsp3) is 0.100. The van der Waals surface area contributed by atoms with Crippen LogP contribution in [0, 0.1) is 0 Å². The Balaban J connectivity index is 1.57. The van der Waals surface area contributed by atoms with E-state index in [1.54, 1.807) is 6.07 Å². The number of hydrogen-bond donors (Lipinski definition) is 2. The van der Waals surface area contributed by atoms with Crippen molar-refractivity contribution in [1.82, 2.24) is 4.72 Å². The Morgan fingerprint density at radius 3 is 2.42 bits per heavy atom. The summed E-state index contributed by atoms with van der Waals surface area (Å²) in [6, 6.07) is 22.6. The van der Waals surface area contributed by atoms with Gasteiger partial charge in [0.15, 0.2) is 0 Å². The van der Waals surface area contributed by atoms with Crippen LogP contribution in [0.25, 0.3) is 20.9 Å². The van der Waals surface area contributed by atoms with Gasteiger partial charge >= 0.3 is 0 Å². The van der Waals surface area contributed by atoms with Gasteiger partial charge in [0, 0.05) is 11.2 Å². The largest absolute Gasteiger partial charge is 0.387 e. The van der Waals surface area contributed by atoms with Crippen molar-refractivity contribution in [2.45, 2.75) is 10.3 Å². The van der Waals surface area contributed by atoms with Gasteiger partial charge in [-0.2, -0.15) is 0 Å². The number of sulfonamides is 1. The molecule has 1 aromatic heterocycles. The van der Waals surface area contributed by atoms with Crippen molar-refractivity contribution < 1.29 is 13.5 Å². The first-order valence-electron chi connectivity index (χ1n) is 8.18. The van der Waals surface area contributed by atoms with E-state index in [0.717, 1.165) is 20.9 Å². The first-order valence-corrected chi connectivity index (χ1v) is 10.5. The SMILES string of the molecule is O=S(=O)(NCC(O)c1cccc2ccccc12)c1cc2ccccc2s1. The molecule has 0 spiro atoms. The van der Waals surface area contributed by atoms with Crippen LogP contribution in [-0.4, -0.2) is 20.1 Å². The Labute approximate surface area is 155 Å². The maximum absolute atomic E-state index is 12.6. The lowest BCUT2D eigenvalue weighted by Gasteiger charge is -2.14. The molecule has 0 radical (unpaired) electrons. The van der Waals surface area contributed by atoms with E-state index in [1.807, 2.05) is 66.7 Å². The van der Waals surface area contributed by atoms with Crippen LogP contribution in [0.1, 0.15) is 11.7 Å². The highest BCUT2D eigenvalue weighted by Crippen LogP contribution is 2.29. The van der Waals surface area contributed by atoms with E-state index in [2.05, 4.69) is 4.72 Å². The molecule has 1 atom stereocenters. The average Bonchev–Trinajstić information content (AvgIpc) is 3.11. The van der Waals surface area contributed by atoms with Crippen molar-refractivity contribution in [3.8, 4) is 0 Å². The molecule has 4 rings (SSSR count). The predicted octanol–water partition coefficient (Wildman–Crippen LogP) is 4.07. The Morgan fingerprint density at radius 2 is 1.62 bits per heavy atom. The molecule has 1 unspecified atom stereocenters. The van der Waals surface area contributed by atoms with Crippen molar-refractivity contribution in [2.75, 3.05) is 6.54 Å². The zero-order valence-electron chi connectivity index (χ0n) is 13.8. The first kappa shape index (κ1) is 17.2. The number of thiophene rings is 1. The van der Waals surface area contributed by atoms with Crippen LogP contribution in [-0.2, 0) is 10.0 Å². The van der Waals surface area contributed by atoms with Gasteiger partial charge in [-0.25, -0.2) is 13.1 Å². The zero-order chi connectivity index (χ0) is 18.1. The van der Waals surface area contributed by atoms with Gasteiger partial charge in [-0.3, -0.25) is 0 Å². The van der Waals surface area contributed by atoms with Crippen molar-refractivity contribution >= 4 is 42.2 Å². The lowest BCUT2D eigenvalue weighted by Crippen LogP contribution is -2.28. The molecule has 4 aromatic rings. The molecule has 6 heteroatoms. The van der Waals surface area contributed by atoms with Crippen molar-refractivity contribution in [3.63, 3.8) is 0 Å². The zero-order valence-corrected chi connectivity index (χ0v) is 15.4. The minimum absolute atomic E-state index is 0.0788. The van der Waals surface area contributed by atoms with E-state index >= 15 is 0 Å². The molecule has 4 nitrogen and oxygen atoms in total. The molecular weight excluding hydrogens is 366 g/mol. The maximum Gasteiger partial charge on any atom is 0.250 e. The third-order valence-electron chi connectivity index (χ3n) is 4.32. The topological polar surface area (TPSA) is 66.4 Å². The van der Waals surface area contributed by atoms with E-state index in [4.69, 9.17) is 0 Å². The van der Waals surface area contributed by atoms with E-state index in [9.17, 15) is 13.5 Å². The summed E-state index contributed by atoms with van der Waals surface area (Å²) in [5.74, 6) is 0. The molecule has 0 aliphatic heterocycles. The lowest BCUT2D eigenvalue weighted by atomic mass is 10.0. The molecule has 3 aromatic carbocycles. The summed E-state index contributed by atoms with van der Waals surface area (Å²) < 4.78 is 28.9. The molecule has 0 bridgehead atoms. The van der Waals surface area contributed by atoms with Gasteiger partial charge in [0.2, 0.25) is 10.0 Å². The molecule has 2 N–H and O–H groups in total. The third-order valence-corrected chi connectivity index (χ3v) is 7.33. The second kappa shape index (κ2) is 6.81. The summed E-state index contributed by atoms with van der Waals surface area (Å²) in [4.78, 5) is 0. The number of aliphatic hydroxyl groups is 1. The monoisotopic (exact) mass is 383 g/mol. The molecular formula is C20H17NO3S2. The minimum Gasteiger partial charge on any atom is -0.387 e. The molecule has 0 aliphatic rings. The van der Waals surface area contributed by atoms with E-state index in [1.165, 1.54) is 11.3 Å². The smallest absolute Gasteiger partial charge is 0.250 e. The Kier molecular flexibility index (Phi) is 4.50. The lowest BCUT2D eigenvalue weighted by molar-refractivity contribution is 0.183. The average molecular weight is 383 g/mol. The van der Waals surface area contributed by atoms with E-state index < -0.39 is 16.1 Å². The molecule has 0 saturated heterocycles. The van der Waals surface area contributed by atoms with Crippen LogP contribution in [0.15, 0.2) is 77.0 Å². The summed E-state index contributed by atoms with van der Waals surface area (Å²) in [6.45, 7) is -0.0788. The molecule has 26 heavy (non-hydrogen) atoms. The Hall–Kier alpha value is -2.25. The number of rotatable bonds is 5. The van der Waals surface area contributed by atoms with Gasteiger partial charge in [0.1, 0.15) is 4.21 Å². The maximum atomic E-state index is 12.6. The number of nitrogens with one attached hydrogen (secondary N) is 1. The third kappa shape index (κ3) is 3.24. The van der Waals surface area contributed by atoms with Crippen molar-refractivity contribution in [1.29, 1.82) is 0 Å². The summed E-state index contributed by atoms with van der Waals surface area (Å²) in [6.07, 6.45) is -0.926. The molecule has 132 valence electrons. The van der Waals surface area contributed by atoms with Crippen LogP contribution in [0.3, 0.4) is 0 Å². The number of aliphatic hydroxyl groups excluding tert-OH is 1. The van der Waals surface area contributed by atoms with Gasteiger partial charge in [-0.1, -0.05) is 60.7 Å². The Bertz CT molecular complexity index is 1140. The number of hydrogen-bond acceptors (Lipinski definition) is 4. The van der Waals surface area contributed by atoms with Crippen LogP contribution in [0.2, 0.25) is 0 Å². The van der Waals surface area contributed by atoms with Gasteiger partial charge < -0.3 is 5.11 Å². The molecule has 0 amide bonds. The van der Waals surface area contributed by atoms with Gasteiger partial charge in [0.05, 0.1) is 6.10 Å². The highest BCUT2D eigenvalue weighted by atomic mass is 32.2. The standard InChI is InChI=1S/C20H17NO3S2/c22-18(17-10-5-8-14-6-1-3-9-16(14)17)13-21-26(23,24)20-12-15-7-2-4-11-19(15)25-20/h1-12,18,21-22H,13H2. The van der Waals surface area contributed by atoms with Crippen molar-refractivity contribution in [3.05, 3.63) is 78.4 Å². The van der Waals surface area contributed by atoms with Gasteiger partial charge in [0.25, 0.3) is 0 Å². The molecule has 0 aliphatic carbocycles. The summed E-state index contributed by atoms with van der Waals surface area (Å²) in [7, 11) is -3.67. The van der Waals surface area contributed by atoms with Gasteiger partial charge in [-0.15, -0.1) is 11.3 Å². The van der Waals surface area contributed by atoms with Crippen molar-refractivity contribution in [2.24, 2.45) is 0 Å². The predicted molar refractivity (Wildman–Crippen MR) is 106 cm³/mol. The number of benzene rings is 3. The van der Waals surface area contributed by atoms with E-state index in [0.29, 0.717) is 5.56 Å². The summed E-state index contributed by atoms with van der Waals surface area (Å²) >= 11 is 1.22. The molecule has 1 heterocycles. The highest BCUT2D eigenvalue weighted by Gasteiger charge is 2.20. The fourth-order valence-corrected chi connectivity index (χ4v) is 5.48. The number of fused-ring (bicyclic) bond motifs is 2. The Morgan fingerprint density at radius 1 is 0.923 bits per heavy atom. The summed E-state index contributed by atoms with van der Waals surface area (Å²) in [5.41, 5.74) is 0.710. The van der Waals surface area contributed by atoms with Crippen LogP contribution in [0.4, 0.5) is 0 Å². The summed E-state index contributed by atoms with van der Waals surface area (Å²) in [5, 5.41) is 13.4. The second-order valence-electron chi connectivity index (χ2n) is 6.04. The van der Waals surface area contributed by atoms with Crippen LogP contribution in [0.5, 0.6) is 0 Å². The molecule has 0 fully saturated rings. The molecule has 0 saturated carbocycles. The highest BCUT2D eigenvalue weighted by molar-refractivity contribution is 7.91. The second-order valence-corrected chi connectivity index (χ2v) is 9.12. The quantitative estimate of drug-likeness (QED) is 0.546. The minimum atomic E-state index is -3.67. The van der Waals surface area contributed by atoms with Crippen LogP contribution < -0.4 is 4.72 Å².